The van der Waals surface area contributed by atoms with Crippen LogP contribution in [0.4, 0.5) is 5.95 Å². The van der Waals surface area contributed by atoms with Crippen LogP contribution in [0.5, 0.6) is 0 Å². The fraction of sp³-hybridized carbons (Fsp3) is 0.542. The third-order valence-electron chi connectivity index (χ3n) is 8.08. The van der Waals surface area contributed by atoms with Crippen molar-refractivity contribution in [2.45, 2.75) is 49.1 Å². The molecule has 0 spiro atoms. The Kier molecular flexibility index (Phi) is 13.8. The maximum atomic E-state index is 12.4. The number of nitrogens with zero attached hydrogens (tertiary/aromatic N) is 4. The standard InChI is InChI=1S/C24H36N8O22P4/c1-30-9-32(18-13(30)20(37)28-23(26)27-18)22-16(35)17(47-2)12(51-22)8-49-56(41,42)53-58(45,46)54-57(43,44)52-55(39,40)48-7-11-14(33)15(34)21(50-11)31-6-10(4-3-5-25)19(36)29-24(31)38/h3-4,6,9,11-12,14-17,21-22,33-35H,5,7-8,25H2,1-2H3,(H7-,26,27,28,29,36,37,38,39,40,41,42,43,44,45,46)/p-3/b4-3+/t11-,12-,14+,15?,16?,17?,21-,22-/m1/s1. The van der Waals surface area contributed by atoms with Crippen LogP contribution in [-0.2, 0) is 61.5 Å². The van der Waals surface area contributed by atoms with Gasteiger partial charge >= 0.3 is 11.3 Å². The Morgan fingerprint density at radius 3 is 2.07 bits per heavy atom. The molecule has 0 bridgehead atoms. The molecule has 3 aromatic rings. The molecule has 30 nitrogen and oxygen atoms in total. The van der Waals surface area contributed by atoms with Crippen LogP contribution in [0.2, 0.25) is 0 Å². The second kappa shape index (κ2) is 17.4. The number of nitrogens with two attached hydrogens (primary N) is 2. The fourth-order valence-electron chi connectivity index (χ4n) is 5.70. The van der Waals surface area contributed by atoms with Crippen molar-refractivity contribution in [1.29, 1.82) is 0 Å². The van der Waals surface area contributed by atoms with Crippen molar-refractivity contribution in [2.24, 2.45) is 12.8 Å². The predicted octanol–water partition coefficient (Wildman–Crippen LogP) is -6.50. The largest absolute Gasteiger partial charge is 0.756 e. The highest BCUT2D eigenvalue weighted by Gasteiger charge is 2.49. The first-order valence-electron chi connectivity index (χ1n) is 15.9. The molecule has 3 aromatic heterocycles. The Labute approximate surface area is 322 Å². The van der Waals surface area contributed by atoms with E-state index in [9.17, 15) is 67.5 Å². The molecular formula is C24H33N8O22P4-3. The molecule has 2 aliphatic rings. The summed E-state index contributed by atoms with van der Waals surface area (Å²) < 4.78 is 88.0. The van der Waals surface area contributed by atoms with E-state index >= 15 is 0 Å². The summed E-state index contributed by atoms with van der Waals surface area (Å²) in [5.74, 6) is -0.301. The number of aliphatic hydroxyl groups is 3. The average molecular weight is 909 g/mol. The van der Waals surface area contributed by atoms with Crippen LogP contribution in [0.15, 0.2) is 33.0 Å². The number of aromatic amines is 2. The molecule has 0 amide bonds. The third-order valence-corrected chi connectivity index (χ3v) is 13.8. The number of aryl methyl sites for hydroxylation is 1. The Balaban J connectivity index is 1.17. The highest BCUT2D eigenvalue weighted by Crippen LogP contribution is 2.66. The number of fused-ring (bicyclic) bond motifs is 1. The Morgan fingerprint density at radius 1 is 0.897 bits per heavy atom. The van der Waals surface area contributed by atoms with Crippen LogP contribution in [0.25, 0.3) is 17.2 Å². The van der Waals surface area contributed by atoms with Gasteiger partial charge in [0.1, 0.15) is 36.6 Å². The van der Waals surface area contributed by atoms with Gasteiger partial charge in [-0.3, -0.25) is 47.0 Å². The highest BCUT2D eigenvalue weighted by molar-refractivity contribution is 7.68. The minimum atomic E-state index is -6.66. The molecule has 0 saturated carbocycles. The topological polar surface area (TPSA) is 457 Å². The summed E-state index contributed by atoms with van der Waals surface area (Å²) in [6.07, 6.45) is -8.83. The normalized spacial score (nSPS) is 29.3. The fourth-order valence-corrected chi connectivity index (χ4v) is 10.5. The van der Waals surface area contributed by atoms with Crippen LogP contribution in [0, 0.1) is 0 Å². The highest BCUT2D eigenvalue weighted by atomic mass is 31.3. The van der Waals surface area contributed by atoms with Gasteiger partial charge in [0.2, 0.25) is 11.7 Å². The minimum absolute atomic E-state index is 0.000113. The SMILES string of the molecule is COC1C(O)[C@H]([n+]2cn(C)c3c(=O)[nH]c(N)nc32)O[C@@H]1COP(=O)([O-])OP(=O)([O-])OP(=O)([O-])OP(=O)([O-])OC[C@H]1O[C@@H](n2cc(/C=C/CN)c(=O)[nH]c2=O)C(O)[C@H]1O. The number of phosphoric acid groups is 4. The van der Waals surface area contributed by atoms with E-state index in [4.69, 9.17) is 25.7 Å². The van der Waals surface area contributed by atoms with Crippen LogP contribution in [0.1, 0.15) is 18.0 Å². The first-order chi connectivity index (χ1) is 26.9. The molecule has 5 heterocycles. The van der Waals surface area contributed by atoms with E-state index in [-0.39, 0.29) is 29.2 Å². The minimum Gasteiger partial charge on any atom is -0.756 e. The van der Waals surface area contributed by atoms with E-state index in [0.29, 0.717) is 4.57 Å². The van der Waals surface area contributed by atoms with Gasteiger partial charge in [-0.1, -0.05) is 17.1 Å². The van der Waals surface area contributed by atoms with Gasteiger partial charge in [-0.2, -0.15) is 0 Å². The summed E-state index contributed by atoms with van der Waals surface area (Å²) >= 11 is 0. The number of methoxy groups -OCH3 is 1. The van der Waals surface area contributed by atoms with Gasteiger partial charge in [-0.25, -0.2) is 22.3 Å². The predicted molar refractivity (Wildman–Crippen MR) is 178 cm³/mol. The summed E-state index contributed by atoms with van der Waals surface area (Å²) in [4.78, 5) is 94.1. The van der Waals surface area contributed by atoms with Crippen molar-refractivity contribution in [3.05, 3.63) is 55.4 Å². The molecule has 324 valence electrons. The number of anilines is 1. The van der Waals surface area contributed by atoms with Gasteiger partial charge in [0, 0.05) is 19.9 Å². The maximum absolute atomic E-state index is 12.4. The van der Waals surface area contributed by atoms with Crippen LogP contribution >= 0.6 is 31.3 Å². The number of hydrogen-bond donors (Lipinski definition) is 7. The Morgan fingerprint density at radius 2 is 1.48 bits per heavy atom. The molecule has 0 aromatic carbocycles. The van der Waals surface area contributed by atoms with Gasteiger partial charge in [0.05, 0.1) is 25.8 Å². The molecule has 34 heteroatoms. The molecular weight excluding hydrogens is 876 g/mol. The summed E-state index contributed by atoms with van der Waals surface area (Å²) in [5, 5.41) is 31.7. The van der Waals surface area contributed by atoms with E-state index in [0.717, 1.165) is 17.9 Å². The number of nitrogens with one attached hydrogen (secondary N) is 2. The van der Waals surface area contributed by atoms with Crippen LogP contribution in [-0.4, -0.2) is 103 Å². The zero-order valence-electron chi connectivity index (χ0n) is 29.4. The second-order valence-electron chi connectivity index (χ2n) is 12.1. The first-order valence-corrected chi connectivity index (χ1v) is 21.8. The lowest BCUT2D eigenvalue weighted by Crippen LogP contribution is -2.46. The second-order valence-corrected chi connectivity index (χ2v) is 18.1. The molecule has 2 saturated heterocycles. The van der Waals surface area contributed by atoms with Crippen molar-refractivity contribution in [3.8, 4) is 0 Å². The lowest BCUT2D eigenvalue weighted by molar-refractivity contribution is -0.745. The summed E-state index contributed by atoms with van der Waals surface area (Å²) in [6, 6.07) is 0. The van der Waals surface area contributed by atoms with E-state index in [2.05, 4.69) is 31.9 Å². The van der Waals surface area contributed by atoms with Crippen molar-refractivity contribution in [1.82, 2.24) is 24.1 Å². The zero-order valence-corrected chi connectivity index (χ0v) is 33.0. The van der Waals surface area contributed by atoms with Gasteiger partial charge in [-0.05, 0) is 0 Å². The van der Waals surface area contributed by atoms with E-state index in [1.807, 2.05) is 4.98 Å². The van der Waals surface area contributed by atoms with E-state index in [1.54, 1.807) is 0 Å². The number of H-pyrrole nitrogens is 2. The quantitative estimate of drug-likeness (QED) is 0.0489. The number of nitrogen functional groups attached to an aromatic ring is 1. The number of aliphatic hydroxyl groups excluding tert-OH is 3. The maximum Gasteiger partial charge on any atom is 0.330 e. The molecule has 2 aliphatic heterocycles. The lowest BCUT2D eigenvalue weighted by Gasteiger charge is -2.36. The molecule has 7 unspecified atom stereocenters. The van der Waals surface area contributed by atoms with Gasteiger partial charge in [0.15, 0.2) is 12.6 Å². The first kappa shape index (κ1) is 45.9. The number of hydrogen-bond acceptors (Lipinski definition) is 25. The van der Waals surface area contributed by atoms with E-state index in [1.165, 1.54) is 30.1 Å². The summed E-state index contributed by atoms with van der Waals surface area (Å²) in [6.45, 7) is -2.50. The number of imidazole rings is 1. The molecule has 12 atom stereocenters. The smallest absolute Gasteiger partial charge is 0.330 e. The Bertz CT molecular complexity index is 2420. The third kappa shape index (κ3) is 10.4. The molecule has 0 aliphatic carbocycles. The monoisotopic (exact) mass is 909 g/mol. The van der Waals surface area contributed by atoms with Crippen molar-refractivity contribution < 1.29 is 93.9 Å². The number of ether oxygens (including phenoxy) is 3. The number of phosphoric ester groups is 2. The van der Waals surface area contributed by atoms with Crippen molar-refractivity contribution >= 4 is 54.5 Å². The van der Waals surface area contributed by atoms with Crippen LogP contribution < -0.4 is 52.4 Å². The molecule has 0 radical (unpaired) electrons. The molecule has 9 N–H and O–H groups in total. The summed E-state index contributed by atoms with van der Waals surface area (Å²) in [7, 11) is -23.1. The van der Waals surface area contributed by atoms with Gasteiger partial charge in [0.25, 0.3) is 48.4 Å². The zero-order chi connectivity index (χ0) is 43.1. The molecule has 2 fully saturated rings. The van der Waals surface area contributed by atoms with Gasteiger partial charge < -0.3 is 69.6 Å². The van der Waals surface area contributed by atoms with Crippen LogP contribution in [0.3, 0.4) is 0 Å². The molecule has 5 rings (SSSR count). The number of aromatic nitrogens is 6. The summed E-state index contributed by atoms with van der Waals surface area (Å²) in [5.41, 5.74) is 8.09. The molecule has 58 heavy (non-hydrogen) atoms. The van der Waals surface area contributed by atoms with Gasteiger partial charge in [-0.15, -0.1) is 0 Å². The average Bonchev–Trinajstić information content (AvgIpc) is 3.69. The van der Waals surface area contributed by atoms with Crippen molar-refractivity contribution in [2.75, 3.05) is 32.6 Å². The lowest BCUT2D eigenvalue weighted by atomic mass is 10.1. The number of rotatable bonds is 17. The Hall–Kier alpha value is -3.15. The van der Waals surface area contributed by atoms with Crippen molar-refractivity contribution in [3.63, 3.8) is 0 Å². The van der Waals surface area contributed by atoms with E-state index < -0.39 is 110 Å².